The van der Waals surface area contributed by atoms with Crippen LogP contribution < -0.4 is 10.0 Å². The van der Waals surface area contributed by atoms with Crippen LogP contribution in [0.2, 0.25) is 5.02 Å². The Kier molecular flexibility index (Phi) is 5.90. The van der Waals surface area contributed by atoms with Crippen LogP contribution >= 0.6 is 11.6 Å². The van der Waals surface area contributed by atoms with Crippen LogP contribution in [0.1, 0.15) is 18.1 Å². The molecule has 29 heavy (non-hydrogen) atoms. The number of anilines is 1. The van der Waals surface area contributed by atoms with Crippen molar-refractivity contribution < 1.29 is 22.7 Å². The Morgan fingerprint density at radius 3 is 2.69 bits per heavy atom. The second-order valence-electron chi connectivity index (χ2n) is 6.39. The van der Waals surface area contributed by atoms with E-state index < -0.39 is 34.5 Å². The van der Waals surface area contributed by atoms with E-state index >= 15 is 0 Å². The van der Waals surface area contributed by atoms with Crippen LogP contribution in [0.25, 0.3) is 0 Å². The summed E-state index contributed by atoms with van der Waals surface area (Å²) in [5.74, 6) is -1.27. The molecule has 1 aliphatic rings. The van der Waals surface area contributed by atoms with E-state index in [0.717, 1.165) is 5.56 Å². The third kappa shape index (κ3) is 4.75. The van der Waals surface area contributed by atoms with E-state index in [2.05, 4.69) is 15.0 Å². The fraction of sp³-hybridized carbons (Fsp3) is 0.211. The average Bonchev–Trinajstić information content (AvgIpc) is 2.92. The quantitative estimate of drug-likeness (QED) is 0.699. The van der Waals surface area contributed by atoms with Gasteiger partial charge in [0.2, 0.25) is 0 Å². The number of hydrogen-bond acceptors (Lipinski definition) is 6. The van der Waals surface area contributed by atoms with Crippen molar-refractivity contribution in [3.05, 3.63) is 58.6 Å². The largest absolute Gasteiger partial charge is 0.454 e. The number of sulfonamides is 1. The number of nitrogens with one attached hydrogen (secondary N) is 2. The van der Waals surface area contributed by atoms with Crippen molar-refractivity contribution in [3.63, 3.8) is 0 Å². The Balaban J connectivity index is 1.61. The van der Waals surface area contributed by atoms with Gasteiger partial charge in [-0.2, -0.15) is 0 Å². The van der Waals surface area contributed by atoms with E-state index in [1.165, 1.54) is 13.0 Å². The lowest BCUT2D eigenvalue weighted by Crippen LogP contribution is -2.28. The van der Waals surface area contributed by atoms with E-state index in [1.54, 1.807) is 36.4 Å². The molecule has 0 aliphatic carbocycles. The van der Waals surface area contributed by atoms with Gasteiger partial charge in [0, 0.05) is 5.56 Å². The summed E-state index contributed by atoms with van der Waals surface area (Å²) in [6, 6.07) is 10.4. The summed E-state index contributed by atoms with van der Waals surface area (Å²) in [6.45, 7) is 2.78. The van der Waals surface area contributed by atoms with Gasteiger partial charge in [0.1, 0.15) is 11.9 Å². The SMILES string of the molecule is Cc1ccc(NC(=O)COC(=O)[C@H](C)N=C2NS(=O)(=O)c3ccccc32)c(Cl)c1. The molecule has 2 aromatic carbocycles. The predicted octanol–water partition coefficient (Wildman–Crippen LogP) is 2.26. The number of ether oxygens (including phenoxy) is 1. The first-order valence-electron chi connectivity index (χ1n) is 8.60. The van der Waals surface area contributed by atoms with Crippen LogP contribution in [0.4, 0.5) is 5.69 Å². The summed E-state index contributed by atoms with van der Waals surface area (Å²) in [5.41, 5.74) is 1.72. The second kappa shape index (κ2) is 8.22. The maximum Gasteiger partial charge on any atom is 0.331 e. The molecule has 0 saturated heterocycles. The lowest BCUT2D eigenvalue weighted by Gasteiger charge is -2.10. The first kappa shape index (κ1) is 20.8. The summed E-state index contributed by atoms with van der Waals surface area (Å²) < 4.78 is 31.4. The van der Waals surface area contributed by atoms with Crippen LogP contribution in [-0.4, -0.2) is 38.8 Å². The highest BCUT2D eigenvalue weighted by Crippen LogP contribution is 2.23. The maximum atomic E-state index is 12.2. The fourth-order valence-corrected chi connectivity index (χ4v) is 4.16. The summed E-state index contributed by atoms with van der Waals surface area (Å²) in [5, 5.41) is 2.92. The number of hydrogen-bond donors (Lipinski definition) is 2. The van der Waals surface area contributed by atoms with Crippen LogP contribution in [0, 0.1) is 6.92 Å². The Hall–Kier alpha value is -2.91. The van der Waals surface area contributed by atoms with Gasteiger partial charge >= 0.3 is 5.97 Å². The minimum Gasteiger partial charge on any atom is -0.454 e. The smallest absolute Gasteiger partial charge is 0.331 e. The normalized spacial score (nSPS) is 16.6. The number of nitrogens with zero attached hydrogens (tertiary/aromatic N) is 1. The van der Waals surface area contributed by atoms with Crippen molar-refractivity contribution in [2.45, 2.75) is 24.8 Å². The van der Waals surface area contributed by atoms with Gasteiger partial charge in [-0.05, 0) is 43.7 Å². The van der Waals surface area contributed by atoms with Crippen molar-refractivity contribution in [2.75, 3.05) is 11.9 Å². The van der Waals surface area contributed by atoms with Gasteiger partial charge in [-0.25, -0.2) is 13.2 Å². The lowest BCUT2D eigenvalue weighted by atomic mass is 10.2. The molecule has 2 aromatic rings. The predicted molar refractivity (Wildman–Crippen MR) is 109 cm³/mol. The number of amides is 1. The number of aliphatic imine (C=N–C) groups is 1. The Morgan fingerprint density at radius 2 is 1.97 bits per heavy atom. The highest BCUT2D eigenvalue weighted by atomic mass is 35.5. The van der Waals surface area contributed by atoms with Crippen molar-refractivity contribution in [1.82, 2.24) is 4.72 Å². The zero-order valence-corrected chi connectivity index (χ0v) is 17.2. The molecule has 3 rings (SSSR count). The van der Waals surface area contributed by atoms with Gasteiger partial charge in [-0.3, -0.25) is 14.5 Å². The molecule has 10 heteroatoms. The topological polar surface area (TPSA) is 114 Å². The molecule has 0 fully saturated rings. The number of benzene rings is 2. The van der Waals surface area contributed by atoms with E-state index in [-0.39, 0.29) is 10.7 Å². The van der Waals surface area contributed by atoms with Gasteiger partial charge < -0.3 is 10.1 Å². The van der Waals surface area contributed by atoms with Crippen LogP contribution in [0.5, 0.6) is 0 Å². The first-order valence-corrected chi connectivity index (χ1v) is 10.5. The number of halogens is 1. The molecular weight excluding hydrogens is 418 g/mol. The van der Waals surface area contributed by atoms with Crippen LogP contribution in [0.15, 0.2) is 52.4 Å². The second-order valence-corrected chi connectivity index (χ2v) is 8.45. The monoisotopic (exact) mass is 435 g/mol. The molecule has 1 amide bonds. The molecule has 0 radical (unpaired) electrons. The Morgan fingerprint density at radius 1 is 1.24 bits per heavy atom. The van der Waals surface area contributed by atoms with Gasteiger partial charge in [0.15, 0.2) is 6.61 Å². The summed E-state index contributed by atoms with van der Waals surface area (Å²) in [4.78, 5) is 28.3. The molecule has 0 spiro atoms. The highest BCUT2D eigenvalue weighted by Gasteiger charge is 2.31. The van der Waals surface area contributed by atoms with Crippen molar-refractivity contribution in [1.29, 1.82) is 0 Å². The van der Waals surface area contributed by atoms with Crippen molar-refractivity contribution in [2.24, 2.45) is 4.99 Å². The zero-order chi connectivity index (χ0) is 21.2. The first-order chi connectivity index (χ1) is 13.7. The van der Waals surface area contributed by atoms with Gasteiger partial charge in [-0.15, -0.1) is 0 Å². The Labute approximate surface area is 173 Å². The molecule has 0 saturated carbocycles. The molecule has 2 N–H and O–H groups in total. The molecule has 1 aliphatic heterocycles. The van der Waals surface area contributed by atoms with Gasteiger partial charge in [-0.1, -0.05) is 29.8 Å². The molecule has 0 unspecified atom stereocenters. The van der Waals surface area contributed by atoms with Crippen molar-refractivity contribution >= 4 is 45.0 Å². The minimum atomic E-state index is -3.70. The van der Waals surface area contributed by atoms with Crippen molar-refractivity contribution in [3.8, 4) is 0 Å². The number of aryl methyl sites for hydroxylation is 1. The molecule has 0 bridgehead atoms. The average molecular weight is 436 g/mol. The third-order valence-electron chi connectivity index (χ3n) is 4.07. The number of rotatable bonds is 5. The standard InChI is InChI=1S/C19H18ClN3O5S/c1-11-7-8-15(14(20)9-11)22-17(24)10-28-19(25)12(2)21-18-13-5-3-4-6-16(13)29(26,27)23-18/h3-9,12H,10H2,1-2H3,(H,21,23)(H,22,24)/t12-/m0/s1. The molecule has 1 atom stereocenters. The number of amidine groups is 1. The summed E-state index contributed by atoms with van der Waals surface area (Å²) in [7, 11) is -3.70. The minimum absolute atomic E-state index is 0.0564. The number of fused-ring (bicyclic) bond motifs is 1. The molecule has 8 nitrogen and oxygen atoms in total. The van der Waals surface area contributed by atoms with E-state index in [0.29, 0.717) is 16.3 Å². The summed E-state index contributed by atoms with van der Waals surface area (Å²) in [6.07, 6.45) is 0. The lowest BCUT2D eigenvalue weighted by molar-refractivity contribution is -0.148. The number of carbonyl (C=O) groups is 2. The van der Waals surface area contributed by atoms with E-state index in [4.69, 9.17) is 16.3 Å². The highest BCUT2D eigenvalue weighted by molar-refractivity contribution is 7.90. The van der Waals surface area contributed by atoms with Crippen LogP contribution in [-0.2, 0) is 24.3 Å². The molecular formula is C19H18ClN3O5S. The molecule has 0 aromatic heterocycles. The Bertz CT molecular complexity index is 1110. The number of carbonyl (C=O) groups excluding carboxylic acids is 2. The third-order valence-corrected chi connectivity index (χ3v) is 5.78. The number of esters is 1. The van der Waals surface area contributed by atoms with E-state index in [1.807, 2.05) is 6.92 Å². The summed E-state index contributed by atoms with van der Waals surface area (Å²) >= 11 is 6.05. The fourth-order valence-electron chi connectivity index (χ4n) is 2.64. The maximum absolute atomic E-state index is 12.2. The molecule has 1 heterocycles. The van der Waals surface area contributed by atoms with Gasteiger partial charge in [0.05, 0.1) is 15.6 Å². The van der Waals surface area contributed by atoms with E-state index in [9.17, 15) is 18.0 Å². The molecule has 152 valence electrons. The van der Waals surface area contributed by atoms with Gasteiger partial charge in [0.25, 0.3) is 15.9 Å². The van der Waals surface area contributed by atoms with Crippen LogP contribution in [0.3, 0.4) is 0 Å². The zero-order valence-electron chi connectivity index (χ0n) is 15.6.